The second kappa shape index (κ2) is 4.87. The average Bonchev–Trinajstić information content (AvgIpc) is 2.74. The Balaban J connectivity index is 1.85. The van der Waals surface area contributed by atoms with Crippen LogP contribution in [-0.2, 0) is 11.3 Å². The summed E-state index contributed by atoms with van der Waals surface area (Å²) in [4.78, 5) is 4.17. The van der Waals surface area contributed by atoms with Crippen molar-refractivity contribution in [2.45, 2.75) is 6.61 Å². The van der Waals surface area contributed by atoms with E-state index in [0.717, 1.165) is 14.6 Å². The van der Waals surface area contributed by atoms with Gasteiger partial charge in [0.05, 0.1) is 12.8 Å². The summed E-state index contributed by atoms with van der Waals surface area (Å²) in [5.74, 6) is 1.19. The van der Waals surface area contributed by atoms with E-state index in [1.807, 2.05) is 46.9 Å². The molecule has 6 heteroatoms. The summed E-state index contributed by atoms with van der Waals surface area (Å²) >= 11 is 1.90. The monoisotopic (exact) mass is 354 g/mol. The van der Waals surface area contributed by atoms with E-state index in [-0.39, 0.29) is 0 Å². The van der Waals surface area contributed by atoms with Gasteiger partial charge in [-0.3, -0.25) is 0 Å². The quantitative estimate of drug-likeness (QED) is 0.481. The highest BCUT2D eigenvalue weighted by atomic mass is 127. The van der Waals surface area contributed by atoms with Crippen molar-refractivity contribution in [1.82, 2.24) is 4.98 Å². The maximum absolute atomic E-state index is 9.62. The molecule has 4 nitrogen and oxygen atoms in total. The van der Waals surface area contributed by atoms with Crippen molar-refractivity contribution >= 4 is 12.6 Å². The molecule has 1 aliphatic heterocycles. The number of rotatable bonds is 2. The number of nitrogens with zero attached hydrogens (tertiary/aromatic N) is 1. The van der Waals surface area contributed by atoms with Gasteiger partial charge in [0.25, 0.3) is 22.6 Å². The number of hydrogen-bond donors (Lipinski definition) is 1. The van der Waals surface area contributed by atoms with E-state index in [0.29, 0.717) is 18.2 Å². The minimum Gasteiger partial charge on any atom is -0.439 e. The highest BCUT2D eigenvalue weighted by Gasteiger charge is 2.27. The molecule has 0 radical (unpaired) electrons. The van der Waals surface area contributed by atoms with Crippen LogP contribution >= 0.6 is 0 Å². The van der Waals surface area contributed by atoms with Crippen molar-refractivity contribution in [2.75, 3.05) is 0 Å². The molecule has 2 heterocycles. The van der Waals surface area contributed by atoms with Gasteiger partial charge < -0.3 is 14.4 Å². The first-order chi connectivity index (χ1) is 8.72. The Morgan fingerprint density at radius 3 is 3.00 bits per heavy atom. The minimum absolute atomic E-state index is 0.444. The summed E-state index contributed by atoms with van der Waals surface area (Å²) in [6.45, 7) is 0.444. The Bertz CT molecular complexity index is 576. The van der Waals surface area contributed by atoms with E-state index < -0.39 is 7.12 Å². The molecule has 2 aromatic rings. The van der Waals surface area contributed by atoms with Gasteiger partial charge in [0.15, 0.2) is 0 Å². The Morgan fingerprint density at radius 1 is 1.33 bits per heavy atom. The Kier molecular flexibility index (Phi) is 3.23. The fraction of sp³-hybridized carbons (Fsp3) is 0.0833. The van der Waals surface area contributed by atoms with Gasteiger partial charge in [-0.25, -0.2) is 4.98 Å². The van der Waals surface area contributed by atoms with Crippen molar-refractivity contribution in [2.24, 2.45) is 0 Å². The Morgan fingerprint density at radius 2 is 2.22 bits per heavy atom. The maximum atomic E-state index is 9.62. The molecule has 1 aliphatic rings. The van der Waals surface area contributed by atoms with E-state index in [9.17, 15) is 5.02 Å². The predicted molar refractivity (Wildman–Crippen MR) is 63.2 cm³/mol. The topological polar surface area (TPSA) is 51.6 Å². The third-order valence-electron chi connectivity index (χ3n) is 2.71. The number of hydrogen-bond acceptors (Lipinski definition) is 4. The molecular formula is C12H10BINO3+. The van der Waals surface area contributed by atoms with Crippen LogP contribution in [0.3, 0.4) is 0 Å². The van der Waals surface area contributed by atoms with Crippen LogP contribution in [0.25, 0.3) is 0 Å². The van der Waals surface area contributed by atoms with Crippen LogP contribution in [-0.4, -0.2) is 17.1 Å². The summed E-state index contributed by atoms with van der Waals surface area (Å²) < 4.78 is 11.9. The number of benzene rings is 1. The molecule has 1 N–H and O–H groups in total. The van der Waals surface area contributed by atoms with Gasteiger partial charge in [-0.15, -0.1) is 0 Å². The number of pyridine rings is 1. The van der Waals surface area contributed by atoms with Crippen LogP contribution in [0.5, 0.6) is 11.6 Å². The zero-order valence-electron chi connectivity index (χ0n) is 9.37. The molecule has 0 bridgehead atoms. The molecule has 0 fully saturated rings. The molecule has 0 aliphatic carbocycles. The van der Waals surface area contributed by atoms with Crippen molar-refractivity contribution in [3.63, 3.8) is 0 Å². The number of ether oxygens (including phenoxy) is 1. The lowest BCUT2D eigenvalue weighted by Crippen LogP contribution is -3.34. The van der Waals surface area contributed by atoms with Gasteiger partial charge in [0.1, 0.15) is 5.75 Å². The molecule has 3 rings (SSSR count). The van der Waals surface area contributed by atoms with Crippen LogP contribution < -0.4 is 32.8 Å². The third kappa shape index (κ3) is 2.36. The van der Waals surface area contributed by atoms with Gasteiger partial charge in [0.2, 0.25) is 9.45 Å². The second-order valence-electron chi connectivity index (χ2n) is 3.96. The molecule has 0 atom stereocenters. The first-order valence-corrected chi connectivity index (χ1v) is 6.62. The average molecular weight is 354 g/mol. The second-order valence-corrected chi connectivity index (χ2v) is 5.30. The van der Waals surface area contributed by atoms with E-state index in [1.54, 1.807) is 12.3 Å². The highest BCUT2D eigenvalue weighted by molar-refractivity contribution is 6.61. The first kappa shape index (κ1) is 11.9. The normalized spacial score (nSPS) is 13.6. The lowest BCUT2D eigenvalue weighted by Gasteiger charge is -2.06. The van der Waals surface area contributed by atoms with Gasteiger partial charge in [-0.1, -0.05) is 6.07 Å². The molecule has 0 saturated heterocycles. The van der Waals surface area contributed by atoms with Crippen molar-refractivity contribution in [3.8, 4) is 11.6 Å². The van der Waals surface area contributed by atoms with Crippen LogP contribution in [0.1, 0.15) is 5.56 Å². The van der Waals surface area contributed by atoms with Crippen LogP contribution in [0, 0.1) is 3.57 Å². The van der Waals surface area contributed by atoms with Gasteiger partial charge in [-0.2, -0.15) is 0 Å². The summed E-state index contributed by atoms with van der Waals surface area (Å²) in [5, 5.41) is 9.62. The van der Waals surface area contributed by atoms with E-state index >= 15 is 0 Å². The van der Waals surface area contributed by atoms with Gasteiger partial charge in [0, 0.05) is 6.07 Å². The van der Waals surface area contributed by atoms with Gasteiger partial charge in [-0.05, 0) is 29.2 Å². The number of aromatic nitrogens is 1. The number of fused-ring (bicyclic) bond motifs is 1. The van der Waals surface area contributed by atoms with Crippen molar-refractivity contribution in [3.05, 3.63) is 45.7 Å². The van der Waals surface area contributed by atoms with Crippen LogP contribution in [0.15, 0.2) is 36.5 Å². The lowest BCUT2D eigenvalue weighted by atomic mass is 9.79. The molecule has 0 amide bonds. The van der Waals surface area contributed by atoms with Crippen LogP contribution in [0.4, 0.5) is 0 Å². The molecule has 18 heavy (non-hydrogen) atoms. The summed E-state index contributed by atoms with van der Waals surface area (Å²) in [5.41, 5.74) is 1.76. The first-order valence-electron chi connectivity index (χ1n) is 5.46. The maximum Gasteiger partial charge on any atom is 0.491 e. The van der Waals surface area contributed by atoms with E-state index in [1.165, 1.54) is 0 Å². The van der Waals surface area contributed by atoms with E-state index in [2.05, 4.69) is 4.98 Å². The number of halogens is 1. The Labute approximate surface area is 118 Å². The predicted octanol–water partition coefficient (Wildman–Crippen LogP) is -2.45. The molecule has 1 aromatic carbocycles. The molecule has 1 aromatic heterocycles. The SMILES string of the molecule is OB1OCc2ccc(Oc3ccc([IH+])cn3)cc21. The lowest BCUT2D eigenvalue weighted by molar-refractivity contribution is -0.328. The standard InChI is InChI=1S/C12H10BINO3/c14-9-2-4-12(15-6-9)18-10-3-1-8-7-17-13(16)11(8)5-10/h1-6,14,16H,7H2/q+1. The summed E-state index contributed by atoms with van der Waals surface area (Å²) in [6, 6.07) is 9.29. The van der Waals surface area contributed by atoms with Crippen molar-refractivity contribution in [1.29, 1.82) is 0 Å². The molecular weight excluding hydrogens is 344 g/mol. The fourth-order valence-electron chi connectivity index (χ4n) is 1.80. The summed E-state index contributed by atoms with van der Waals surface area (Å²) in [6.07, 6.45) is 1.76. The minimum atomic E-state index is -0.852. The molecule has 90 valence electrons. The molecule has 0 spiro atoms. The van der Waals surface area contributed by atoms with Gasteiger partial charge >= 0.3 is 7.12 Å². The summed E-state index contributed by atoms with van der Waals surface area (Å²) in [7, 11) is -0.852. The van der Waals surface area contributed by atoms with Crippen LogP contribution in [0.2, 0.25) is 0 Å². The highest BCUT2D eigenvalue weighted by Crippen LogP contribution is 2.20. The third-order valence-corrected chi connectivity index (χ3v) is 3.40. The smallest absolute Gasteiger partial charge is 0.439 e. The zero-order valence-corrected chi connectivity index (χ0v) is 11.7. The van der Waals surface area contributed by atoms with Crippen molar-refractivity contribution < 1.29 is 37.0 Å². The largest absolute Gasteiger partial charge is 0.491 e. The molecule has 0 saturated carbocycles. The molecule has 0 unspecified atom stereocenters. The van der Waals surface area contributed by atoms with E-state index in [4.69, 9.17) is 9.39 Å². The zero-order chi connectivity index (χ0) is 12.5. The fourth-order valence-corrected chi connectivity index (χ4v) is 2.15. The Hall–Kier alpha value is -1.12.